The molecule has 144 valence electrons. The Kier molecular flexibility index (Phi) is 6.70. The number of hydrazone groups is 1. The molecule has 0 aliphatic carbocycles. The van der Waals surface area contributed by atoms with Gasteiger partial charge in [0.05, 0.1) is 34.8 Å². The third-order valence-corrected chi connectivity index (χ3v) is 4.75. The van der Waals surface area contributed by atoms with Gasteiger partial charge in [0.2, 0.25) is 0 Å². The van der Waals surface area contributed by atoms with Crippen molar-refractivity contribution in [2.24, 2.45) is 5.10 Å². The Morgan fingerprint density at radius 3 is 2.68 bits per heavy atom. The van der Waals surface area contributed by atoms with Gasteiger partial charge < -0.3 is 14.0 Å². The lowest BCUT2D eigenvalue weighted by Crippen LogP contribution is -2.19. The highest BCUT2D eigenvalue weighted by Crippen LogP contribution is 2.33. The summed E-state index contributed by atoms with van der Waals surface area (Å²) >= 11 is 2.18. The number of nitrogens with one attached hydrogen (secondary N) is 1. The molecule has 0 spiro atoms. The van der Waals surface area contributed by atoms with Gasteiger partial charge in [-0.1, -0.05) is 12.1 Å². The smallest absolute Gasteiger partial charge is 0.273 e. The van der Waals surface area contributed by atoms with Crippen molar-refractivity contribution in [3.63, 3.8) is 0 Å². The van der Waals surface area contributed by atoms with E-state index in [0.717, 1.165) is 14.8 Å². The standard InChI is InChI=1S/C21H20IN3O3/c1-3-28-19-13-15(12-17(22)20(19)27-2)14-23-24-21(26)16-8-4-5-9-18(16)25-10-6-7-11-25/h4-14H,3H2,1-2H3,(H,24,26)/b23-14-. The van der Waals surface area contributed by atoms with Crippen LogP contribution in [0.5, 0.6) is 11.5 Å². The van der Waals surface area contributed by atoms with Crippen LogP contribution in [0, 0.1) is 3.57 Å². The number of amides is 1. The van der Waals surface area contributed by atoms with Gasteiger partial charge in [0, 0.05) is 12.4 Å². The molecule has 1 N–H and O–H groups in total. The lowest BCUT2D eigenvalue weighted by molar-refractivity contribution is 0.0955. The van der Waals surface area contributed by atoms with Crippen molar-refractivity contribution in [2.45, 2.75) is 6.92 Å². The SMILES string of the molecule is CCOc1cc(/C=N\NC(=O)c2ccccc2-n2cccc2)cc(I)c1OC. The number of aromatic nitrogens is 1. The predicted molar refractivity (Wildman–Crippen MR) is 118 cm³/mol. The monoisotopic (exact) mass is 489 g/mol. The Hall–Kier alpha value is -2.81. The van der Waals surface area contributed by atoms with Crippen LogP contribution in [0.1, 0.15) is 22.8 Å². The molecule has 0 radical (unpaired) electrons. The largest absolute Gasteiger partial charge is 0.492 e. The molecule has 0 bridgehead atoms. The summed E-state index contributed by atoms with van der Waals surface area (Å²) in [7, 11) is 1.61. The molecule has 0 saturated carbocycles. The van der Waals surface area contributed by atoms with Crippen molar-refractivity contribution < 1.29 is 14.3 Å². The van der Waals surface area contributed by atoms with E-state index in [0.29, 0.717) is 23.7 Å². The summed E-state index contributed by atoms with van der Waals surface area (Å²) in [6.07, 6.45) is 5.37. The summed E-state index contributed by atoms with van der Waals surface area (Å²) in [5.74, 6) is 1.04. The van der Waals surface area contributed by atoms with Gasteiger partial charge in [0.1, 0.15) is 0 Å². The fraction of sp³-hybridized carbons (Fsp3) is 0.143. The summed E-state index contributed by atoms with van der Waals surface area (Å²) < 4.78 is 13.8. The second-order valence-corrected chi connectivity index (χ2v) is 6.94. The molecule has 0 unspecified atom stereocenters. The van der Waals surface area contributed by atoms with Gasteiger partial charge in [-0.25, -0.2) is 5.43 Å². The number of methoxy groups -OCH3 is 1. The van der Waals surface area contributed by atoms with Gasteiger partial charge in [-0.05, 0) is 71.5 Å². The van der Waals surface area contributed by atoms with Gasteiger partial charge in [0.25, 0.3) is 5.91 Å². The number of nitrogens with zero attached hydrogens (tertiary/aromatic N) is 2. The topological polar surface area (TPSA) is 64.8 Å². The van der Waals surface area contributed by atoms with Gasteiger partial charge in [-0.15, -0.1) is 0 Å². The molecular formula is C21H20IN3O3. The van der Waals surface area contributed by atoms with Crippen molar-refractivity contribution in [2.75, 3.05) is 13.7 Å². The zero-order chi connectivity index (χ0) is 19.9. The number of benzene rings is 2. The fourth-order valence-corrected chi connectivity index (χ4v) is 3.58. The fourth-order valence-electron chi connectivity index (χ4n) is 2.74. The maximum Gasteiger partial charge on any atom is 0.273 e. The number of ether oxygens (including phenoxy) is 2. The van der Waals surface area contributed by atoms with E-state index in [1.807, 2.05) is 66.3 Å². The Morgan fingerprint density at radius 2 is 1.96 bits per heavy atom. The minimum atomic E-state index is -0.284. The number of hydrogen-bond donors (Lipinski definition) is 1. The average molecular weight is 489 g/mol. The zero-order valence-corrected chi connectivity index (χ0v) is 17.7. The summed E-state index contributed by atoms with van der Waals surface area (Å²) in [6, 6.07) is 14.9. The Labute approximate surface area is 177 Å². The second-order valence-electron chi connectivity index (χ2n) is 5.77. The highest BCUT2D eigenvalue weighted by Gasteiger charge is 2.12. The molecule has 7 heteroatoms. The molecular weight excluding hydrogens is 469 g/mol. The average Bonchev–Trinajstić information content (AvgIpc) is 3.23. The van der Waals surface area contributed by atoms with Crippen molar-refractivity contribution in [3.05, 3.63) is 75.6 Å². The lowest BCUT2D eigenvalue weighted by atomic mass is 10.1. The maximum atomic E-state index is 12.6. The van der Waals surface area contributed by atoms with E-state index in [4.69, 9.17) is 9.47 Å². The van der Waals surface area contributed by atoms with E-state index in [1.165, 1.54) is 0 Å². The van der Waals surface area contributed by atoms with Crippen LogP contribution >= 0.6 is 22.6 Å². The summed E-state index contributed by atoms with van der Waals surface area (Å²) in [5, 5.41) is 4.10. The molecule has 6 nitrogen and oxygen atoms in total. The third kappa shape index (κ3) is 4.53. The van der Waals surface area contributed by atoms with Crippen LogP contribution in [-0.2, 0) is 0 Å². The zero-order valence-electron chi connectivity index (χ0n) is 15.6. The normalized spacial score (nSPS) is 10.8. The van der Waals surface area contributed by atoms with Crippen molar-refractivity contribution >= 4 is 34.7 Å². The van der Waals surface area contributed by atoms with E-state index in [-0.39, 0.29) is 5.91 Å². The first-order valence-corrected chi connectivity index (χ1v) is 9.78. The van der Waals surface area contributed by atoms with Crippen LogP contribution in [0.3, 0.4) is 0 Å². The quantitative estimate of drug-likeness (QED) is 0.307. The van der Waals surface area contributed by atoms with Crippen molar-refractivity contribution in [3.8, 4) is 17.2 Å². The van der Waals surface area contributed by atoms with Crippen molar-refractivity contribution in [1.82, 2.24) is 9.99 Å². The van der Waals surface area contributed by atoms with Gasteiger partial charge in [0.15, 0.2) is 11.5 Å². The Morgan fingerprint density at radius 1 is 1.21 bits per heavy atom. The molecule has 0 atom stereocenters. The molecule has 1 aromatic heterocycles. The van der Waals surface area contributed by atoms with Crippen LogP contribution < -0.4 is 14.9 Å². The number of para-hydroxylation sites is 1. The summed E-state index contributed by atoms with van der Waals surface area (Å²) in [5.41, 5.74) is 4.72. The number of carbonyl (C=O) groups is 1. The number of hydrogen-bond acceptors (Lipinski definition) is 4. The summed E-state index contributed by atoms with van der Waals surface area (Å²) in [6.45, 7) is 2.44. The van der Waals surface area contributed by atoms with E-state index < -0.39 is 0 Å². The molecule has 2 aromatic carbocycles. The number of halogens is 1. The molecule has 0 fully saturated rings. The van der Waals surface area contributed by atoms with Gasteiger partial charge in [-0.3, -0.25) is 4.79 Å². The van der Waals surface area contributed by atoms with Crippen LogP contribution in [0.4, 0.5) is 0 Å². The molecule has 3 rings (SSSR count). The maximum absolute atomic E-state index is 12.6. The molecule has 0 aliphatic rings. The van der Waals surface area contributed by atoms with E-state index >= 15 is 0 Å². The number of carbonyl (C=O) groups excluding carboxylic acids is 1. The van der Waals surface area contributed by atoms with Gasteiger partial charge in [-0.2, -0.15) is 5.10 Å². The van der Waals surface area contributed by atoms with Crippen LogP contribution in [-0.4, -0.2) is 30.4 Å². The first kappa shape index (κ1) is 19.9. The molecule has 28 heavy (non-hydrogen) atoms. The van der Waals surface area contributed by atoms with Crippen molar-refractivity contribution in [1.29, 1.82) is 0 Å². The number of rotatable bonds is 7. The lowest BCUT2D eigenvalue weighted by Gasteiger charge is -2.12. The second kappa shape index (κ2) is 9.41. The van der Waals surface area contributed by atoms with E-state index in [9.17, 15) is 4.79 Å². The molecule has 3 aromatic rings. The highest BCUT2D eigenvalue weighted by molar-refractivity contribution is 14.1. The van der Waals surface area contributed by atoms with E-state index in [1.54, 1.807) is 19.4 Å². The highest BCUT2D eigenvalue weighted by atomic mass is 127. The summed E-state index contributed by atoms with van der Waals surface area (Å²) in [4.78, 5) is 12.6. The molecule has 0 aliphatic heterocycles. The first-order valence-electron chi connectivity index (χ1n) is 8.70. The minimum absolute atomic E-state index is 0.284. The van der Waals surface area contributed by atoms with Crippen LogP contribution in [0.2, 0.25) is 0 Å². The molecule has 1 amide bonds. The van der Waals surface area contributed by atoms with E-state index in [2.05, 4.69) is 33.1 Å². The Balaban J connectivity index is 1.78. The molecule has 1 heterocycles. The predicted octanol–water partition coefficient (Wildman–Crippen LogP) is 4.25. The third-order valence-electron chi connectivity index (χ3n) is 3.95. The molecule has 0 saturated heterocycles. The van der Waals surface area contributed by atoms with Crippen LogP contribution in [0.25, 0.3) is 5.69 Å². The first-order chi connectivity index (χ1) is 13.6. The minimum Gasteiger partial charge on any atom is -0.492 e. The van der Waals surface area contributed by atoms with Crippen LogP contribution in [0.15, 0.2) is 66.0 Å². The van der Waals surface area contributed by atoms with Gasteiger partial charge >= 0.3 is 0 Å². The Bertz CT molecular complexity index is 985.